The van der Waals surface area contributed by atoms with E-state index in [0.717, 1.165) is 19.4 Å². The van der Waals surface area contributed by atoms with Gasteiger partial charge in [-0.2, -0.15) is 0 Å². The number of allylic oxidation sites excluding steroid dienone is 1. The maximum absolute atomic E-state index is 3.80. The SMILES string of the molecule is C=CCCC(Cc1ccc(C)c(C)c1)NCC. The van der Waals surface area contributed by atoms with E-state index in [1.165, 1.54) is 23.1 Å². The van der Waals surface area contributed by atoms with Crippen molar-refractivity contribution in [2.75, 3.05) is 6.54 Å². The van der Waals surface area contributed by atoms with Crippen molar-refractivity contribution < 1.29 is 0 Å². The van der Waals surface area contributed by atoms with Crippen molar-refractivity contribution in [2.24, 2.45) is 0 Å². The first-order valence-corrected chi connectivity index (χ1v) is 6.57. The van der Waals surface area contributed by atoms with Gasteiger partial charge in [-0.3, -0.25) is 0 Å². The smallest absolute Gasteiger partial charge is 0.0110 e. The summed E-state index contributed by atoms with van der Waals surface area (Å²) in [4.78, 5) is 0. The molecule has 0 aliphatic carbocycles. The van der Waals surface area contributed by atoms with Gasteiger partial charge in [-0.15, -0.1) is 6.58 Å². The molecule has 0 aromatic heterocycles. The van der Waals surface area contributed by atoms with Gasteiger partial charge < -0.3 is 5.32 Å². The first-order chi connectivity index (χ1) is 8.17. The molecule has 0 saturated heterocycles. The highest BCUT2D eigenvalue weighted by Gasteiger charge is 2.07. The molecule has 0 spiro atoms. The van der Waals surface area contributed by atoms with Crippen molar-refractivity contribution in [3.8, 4) is 0 Å². The van der Waals surface area contributed by atoms with Crippen molar-refractivity contribution in [3.05, 3.63) is 47.5 Å². The lowest BCUT2D eigenvalue weighted by atomic mass is 9.98. The number of benzene rings is 1. The van der Waals surface area contributed by atoms with Crippen molar-refractivity contribution >= 4 is 0 Å². The molecule has 0 aliphatic heterocycles. The average Bonchev–Trinajstić information content (AvgIpc) is 2.31. The van der Waals surface area contributed by atoms with Crippen LogP contribution in [0.1, 0.15) is 36.5 Å². The molecule has 1 N–H and O–H groups in total. The van der Waals surface area contributed by atoms with Gasteiger partial charge in [0, 0.05) is 6.04 Å². The molecule has 1 unspecified atom stereocenters. The summed E-state index contributed by atoms with van der Waals surface area (Å²) in [6, 6.07) is 7.36. The zero-order valence-corrected chi connectivity index (χ0v) is 11.4. The van der Waals surface area contributed by atoms with Crippen LogP contribution in [0.5, 0.6) is 0 Å². The predicted octanol–water partition coefficient (Wildman–Crippen LogP) is 3.79. The van der Waals surface area contributed by atoms with Crippen LogP contribution >= 0.6 is 0 Å². The van der Waals surface area contributed by atoms with Gasteiger partial charge in [0.25, 0.3) is 0 Å². The van der Waals surface area contributed by atoms with E-state index in [9.17, 15) is 0 Å². The van der Waals surface area contributed by atoms with E-state index in [0.29, 0.717) is 6.04 Å². The lowest BCUT2D eigenvalue weighted by Crippen LogP contribution is -2.30. The Bertz CT molecular complexity index is 355. The van der Waals surface area contributed by atoms with E-state index in [1.54, 1.807) is 0 Å². The van der Waals surface area contributed by atoms with Crippen LogP contribution in [0.3, 0.4) is 0 Å². The molecule has 1 rings (SSSR count). The van der Waals surface area contributed by atoms with Gasteiger partial charge >= 0.3 is 0 Å². The first kappa shape index (κ1) is 14.0. The molecule has 0 bridgehead atoms. The minimum absolute atomic E-state index is 0.570. The maximum atomic E-state index is 3.80. The summed E-state index contributed by atoms with van der Waals surface area (Å²) in [6.45, 7) is 11.4. The largest absolute Gasteiger partial charge is 0.314 e. The third kappa shape index (κ3) is 4.74. The third-order valence-corrected chi connectivity index (χ3v) is 3.27. The Kier molecular flexibility index (Phi) is 5.99. The zero-order valence-electron chi connectivity index (χ0n) is 11.4. The molecule has 17 heavy (non-hydrogen) atoms. The molecule has 0 amide bonds. The number of nitrogens with one attached hydrogen (secondary N) is 1. The van der Waals surface area contributed by atoms with Crippen LogP contribution in [0.25, 0.3) is 0 Å². The molecule has 0 fully saturated rings. The van der Waals surface area contributed by atoms with Crippen molar-refractivity contribution in [1.82, 2.24) is 5.32 Å². The summed E-state index contributed by atoms with van der Waals surface area (Å²) in [5.41, 5.74) is 4.20. The first-order valence-electron chi connectivity index (χ1n) is 6.57. The third-order valence-electron chi connectivity index (χ3n) is 3.27. The molecule has 94 valence electrons. The van der Waals surface area contributed by atoms with E-state index < -0.39 is 0 Å². The second kappa shape index (κ2) is 7.29. The fourth-order valence-electron chi connectivity index (χ4n) is 2.10. The molecule has 1 nitrogen and oxygen atoms in total. The molecule has 0 saturated carbocycles. The van der Waals surface area contributed by atoms with Crippen molar-refractivity contribution in [1.29, 1.82) is 0 Å². The lowest BCUT2D eigenvalue weighted by molar-refractivity contribution is 0.495. The summed E-state index contributed by atoms with van der Waals surface area (Å²) in [5, 5.41) is 3.55. The zero-order chi connectivity index (χ0) is 12.7. The van der Waals surface area contributed by atoms with Crippen LogP contribution < -0.4 is 5.32 Å². The summed E-state index contributed by atoms with van der Waals surface area (Å²) in [6.07, 6.45) is 5.38. The monoisotopic (exact) mass is 231 g/mol. The minimum Gasteiger partial charge on any atom is -0.314 e. The van der Waals surface area contributed by atoms with Crippen molar-refractivity contribution in [3.63, 3.8) is 0 Å². The molecular formula is C16H25N. The van der Waals surface area contributed by atoms with Gasteiger partial charge in [-0.1, -0.05) is 31.2 Å². The fourth-order valence-corrected chi connectivity index (χ4v) is 2.10. The van der Waals surface area contributed by atoms with Crippen LogP contribution in [0.4, 0.5) is 0 Å². The molecular weight excluding hydrogens is 206 g/mol. The molecule has 0 radical (unpaired) electrons. The number of likely N-dealkylation sites (N-methyl/N-ethyl adjacent to an activating group) is 1. The van der Waals surface area contributed by atoms with Gasteiger partial charge in [0.05, 0.1) is 0 Å². The number of rotatable bonds is 7. The van der Waals surface area contributed by atoms with Crippen LogP contribution in [0.2, 0.25) is 0 Å². The van der Waals surface area contributed by atoms with Gasteiger partial charge in [-0.25, -0.2) is 0 Å². The van der Waals surface area contributed by atoms with E-state index >= 15 is 0 Å². The Morgan fingerprint density at radius 3 is 2.65 bits per heavy atom. The predicted molar refractivity (Wildman–Crippen MR) is 76.5 cm³/mol. The van der Waals surface area contributed by atoms with Crippen LogP contribution in [-0.4, -0.2) is 12.6 Å². The minimum atomic E-state index is 0.570. The summed E-state index contributed by atoms with van der Waals surface area (Å²) >= 11 is 0. The van der Waals surface area contributed by atoms with Crippen LogP contribution in [-0.2, 0) is 6.42 Å². The normalized spacial score (nSPS) is 12.4. The molecule has 0 heterocycles. The molecule has 1 atom stereocenters. The number of aryl methyl sites for hydroxylation is 2. The van der Waals surface area contributed by atoms with Gasteiger partial charge in [-0.05, 0) is 56.3 Å². The second-order valence-electron chi connectivity index (χ2n) is 4.74. The molecule has 1 heteroatoms. The molecule has 0 aliphatic rings. The van der Waals surface area contributed by atoms with E-state index in [2.05, 4.69) is 50.9 Å². The van der Waals surface area contributed by atoms with E-state index in [1.807, 2.05) is 6.08 Å². The van der Waals surface area contributed by atoms with Gasteiger partial charge in [0.15, 0.2) is 0 Å². The Morgan fingerprint density at radius 2 is 2.06 bits per heavy atom. The van der Waals surface area contributed by atoms with Crippen LogP contribution in [0, 0.1) is 13.8 Å². The Labute approximate surface area is 106 Å². The van der Waals surface area contributed by atoms with E-state index in [4.69, 9.17) is 0 Å². The highest BCUT2D eigenvalue weighted by molar-refractivity contribution is 5.30. The average molecular weight is 231 g/mol. The highest BCUT2D eigenvalue weighted by Crippen LogP contribution is 2.13. The fraction of sp³-hybridized carbons (Fsp3) is 0.500. The standard InChI is InChI=1S/C16H25N/c1-5-7-8-16(17-6-2)12-15-10-9-13(3)14(4)11-15/h5,9-11,16-17H,1,6-8,12H2,2-4H3. The van der Waals surface area contributed by atoms with Crippen molar-refractivity contribution in [2.45, 2.75) is 46.1 Å². The summed E-state index contributed by atoms with van der Waals surface area (Å²) in [5.74, 6) is 0. The quantitative estimate of drug-likeness (QED) is 0.704. The van der Waals surface area contributed by atoms with Gasteiger partial charge in [0.1, 0.15) is 0 Å². The Morgan fingerprint density at radius 1 is 1.29 bits per heavy atom. The lowest BCUT2D eigenvalue weighted by Gasteiger charge is -2.17. The van der Waals surface area contributed by atoms with Gasteiger partial charge in [0.2, 0.25) is 0 Å². The highest BCUT2D eigenvalue weighted by atomic mass is 14.9. The molecule has 1 aromatic rings. The Balaban J connectivity index is 2.64. The Hall–Kier alpha value is -1.08. The maximum Gasteiger partial charge on any atom is 0.0110 e. The topological polar surface area (TPSA) is 12.0 Å². The summed E-state index contributed by atoms with van der Waals surface area (Å²) < 4.78 is 0. The second-order valence-corrected chi connectivity index (χ2v) is 4.74. The number of hydrogen-bond donors (Lipinski definition) is 1. The van der Waals surface area contributed by atoms with E-state index in [-0.39, 0.29) is 0 Å². The molecule has 1 aromatic carbocycles. The number of hydrogen-bond acceptors (Lipinski definition) is 1. The van der Waals surface area contributed by atoms with Crippen LogP contribution in [0.15, 0.2) is 30.9 Å². The summed E-state index contributed by atoms with van der Waals surface area (Å²) in [7, 11) is 0.